The number of rotatable bonds is 3. The van der Waals surface area contributed by atoms with Crippen molar-refractivity contribution in [2.45, 2.75) is 6.92 Å². The van der Waals surface area contributed by atoms with Crippen LogP contribution in [0.3, 0.4) is 0 Å². The van der Waals surface area contributed by atoms with Crippen LogP contribution in [0.5, 0.6) is 0 Å². The molecule has 0 bridgehead atoms. The maximum absolute atomic E-state index is 6.45. The van der Waals surface area contributed by atoms with Crippen LogP contribution in [0.2, 0.25) is 10.0 Å². The lowest BCUT2D eigenvalue weighted by atomic mass is 10.1. The van der Waals surface area contributed by atoms with Gasteiger partial charge in [0.15, 0.2) is 0 Å². The van der Waals surface area contributed by atoms with Gasteiger partial charge in [0, 0.05) is 16.0 Å². The lowest BCUT2D eigenvalue weighted by Gasteiger charge is -2.03. The first-order valence-electron chi connectivity index (χ1n) is 7.69. The minimum absolute atomic E-state index is 0.702. The highest BCUT2D eigenvalue weighted by atomic mass is 35.5. The predicted molar refractivity (Wildman–Crippen MR) is 111 cm³/mol. The molecule has 1 nitrogen and oxygen atoms in total. The third-order valence-electron chi connectivity index (χ3n) is 3.81. The maximum atomic E-state index is 6.45. The summed E-state index contributed by atoms with van der Waals surface area (Å²) in [5.41, 5.74) is 4.05. The number of benzene rings is 2. The van der Waals surface area contributed by atoms with E-state index < -0.39 is 0 Å². The zero-order valence-electron chi connectivity index (χ0n) is 13.3. The van der Waals surface area contributed by atoms with Crippen LogP contribution in [0.1, 0.15) is 5.56 Å². The van der Waals surface area contributed by atoms with Crippen LogP contribution in [0.4, 0.5) is 0 Å². The van der Waals surface area contributed by atoms with Crippen LogP contribution in [0.15, 0.2) is 60.0 Å². The lowest BCUT2D eigenvalue weighted by Crippen LogP contribution is -1.83. The van der Waals surface area contributed by atoms with Gasteiger partial charge in [-0.1, -0.05) is 59.6 Å². The molecular formula is C20H13Cl2NS2. The standard InChI is InChI=1S/C20H13Cl2NS2/c1-12-10-17(24-11-12)19-18(13-6-2-4-8-15(13)21)23-20(25-19)14-7-3-5-9-16(14)22/h2-11H,1H3. The first kappa shape index (κ1) is 16.8. The Kier molecular flexibility index (Phi) is 4.65. The summed E-state index contributed by atoms with van der Waals surface area (Å²) in [4.78, 5) is 7.24. The molecule has 4 rings (SSSR count). The number of nitrogens with zero attached hydrogens (tertiary/aromatic N) is 1. The third-order valence-corrected chi connectivity index (χ3v) is 6.79. The minimum atomic E-state index is 0.702. The average Bonchev–Trinajstić information content (AvgIpc) is 3.22. The molecule has 4 aromatic rings. The molecule has 2 heterocycles. The van der Waals surface area contributed by atoms with Gasteiger partial charge in [-0.05, 0) is 36.1 Å². The monoisotopic (exact) mass is 401 g/mol. The van der Waals surface area contributed by atoms with Gasteiger partial charge in [-0.3, -0.25) is 0 Å². The Bertz CT molecular complexity index is 1050. The number of hydrogen-bond acceptors (Lipinski definition) is 3. The Balaban J connectivity index is 1.96. The Morgan fingerprint density at radius 2 is 1.52 bits per heavy atom. The molecule has 5 heteroatoms. The quantitative estimate of drug-likeness (QED) is 0.340. The normalized spacial score (nSPS) is 11.0. The van der Waals surface area contributed by atoms with E-state index in [1.54, 1.807) is 22.7 Å². The summed E-state index contributed by atoms with van der Waals surface area (Å²) in [5.74, 6) is 0. The molecule has 0 saturated carbocycles. The van der Waals surface area contributed by atoms with Gasteiger partial charge in [0.2, 0.25) is 0 Å². The summed E-state index contributed by atoms with van der Waals surface area (Å²) < 4.78 is 0. The molecule has 0 aliphatic rings. The van der Waals surface area contributed by atoms with E-state index in [1.807, 2.05) is 48.5 Å². The van der Waals surface area contributed by atoms with Gasteiger partial charge in [0.1, 0.15) is 5.01 Å². The van der Waals surface area contributed by atoms with Crippen molar-refractivity contribution in [3.8, 4) is 31.6 Å². The second-order valence-electron chi connectivity index (χ2n) is 5.64. The number of thiazole rings is 1. The van der Waals surface area contributed by atoms with E-state index >= 15 is 0 Å². The lowest BCUT2D eigenvalue weighted by molar-refractivity contribution is 1.40. The van der Waals surface area contributed by atoms with Crippen molar-refractivity contribution in [3.05, 3.63) is 75.6 Å². The highest BCUT2D eigenvalue weighted by Gasteiger charge is 2.19. The van der Waals surface area contributed by atoms with Crippen molar-refractivity contribution < 1.29 is 0 Å². The predicted octanol–water partition coefficient (Wildman–Crippen LogP) is 7.82. The molecule has 0 aliphatic carbocycles. The van der Waals surface area contributed by atoms with Gasteiger partial charge in [0.05, 0.1) is 20.6 Å². The summed E-state index contributed by atoms with van der Waals surface area (Å²) >= 11 is 16.2. The number of aryl methyl sites for hydroxylation is 1. The molecule has 2 aromatic carbocycles. The molecule has 0 atom stereocenters. The minimum Gasteiger partial charge on any atom is -0.235 e. The maximum Gasteiger partial charge on any atom is 0.126 e. The molecule has 0 amide bonds. The van der Waals surface area contributed by atoms with Crippen LogP contribution in [-0.2, 0) is 0 Å². The summed E-state index contributed by atoms with van der Waals surface area (Å²) in [6, 6.07) is 17.8. The average molecular weight is 402 g/mol. The van der Waals surface area contributed by atoms with E-state index in [0.717, 1.165) is 26.7 Å². The SMILES string of the molecule is Cc1csc(-c2sc(-c3ccccc3Cl)nc2-c2ccccc2Cl)c1. The number of halogens is 2. The number of hydrogen-bond donors (Lipinski definition) is 0. The molecule has 0 fully saturated rings. The molecule has 25 heavy (non-hydrogen) atoms. The van der Waals surface area contributed by atoms with E-state index in [4.69, 9.17) is 28.2 Å². The Morgan fingerprint density at radius 1 is 0.880 bits per heavy atom. The Hall–Kier alpha value is -1.65. The molecule has 0 saturated heterocycles. The molecule has 0 N–H and O–H groups in total. The molecule has 0 radical (unpaired) electrons. The van der Waals surface area contributed by atoms with E-state index in [-0.39, 0.29) is 0 Å². The van der Waals surface area contributed by atoms with Crippen LogP contribution >= 0.6 is 45.9 Å². The van der Waals surface area contributed by atoms with E-state index in [9.17, 15) is 0 Å². The Labute approximate surface area is 164 Å². The molecule has 2 aromatic heterocycles. The van der Waals surface area contributed by atoms with Crippen molar-refractivity contribution in [3.63, 3.8) is 0 Å². The largest absolute Gasteiger partial charge is 0.235 e. The Morgan fingerprint density at radius 3 is 2.12 bits per heavy atom. The fourth-order valence-electron chi connectivity index (χ4n) is 2.62. The van der Waals surface area contributed by atoms with Gasteiger partial charge in [0.25, 0.3) is 0 Å². The van der Waals surface area contributed by atoms with Crippen molar-refractivity contribution in [1.82, 2.24) is 4.98 Å². The molecular weight excluding hydrogens is 389 g/mol. The van der Waals surface area contributed by atoms with E-state index in [1.165, 1.54) is 10.4 Å². The van der Waals surface area contributed by atoms with Gasteiger partial charge in [-0.2, -0.15) is 0 Å². The second kappa shape index (κ2) is 6.93. The second-order valence-corrected chi connectivity index (χ2v) is 8.37. The van der Waals surface area contributed by atoms with Crippen LogP contribution in [-0.4, -0.2) is 4.98 Å². The van der Waals surface area contributed by atoms with E-state index in [0.29, 0.717) is 10.0 Å². The van der Waals surface area contributed by atoms with E-state index in [2.05, 4.69) is 18.4 Å². The first-order valence-corrected chi connectivity index (χ1v) is 10.1. The summed E-state index contributed by atoms with van der Waals surface area (Å²) in [6.45, 7) is 2.10. The number of thiophene rings is 1. The molecule has 0 aliphatic heterocycles. The van der Waals surface area contributed by atoms with Crippen LogP contribution in [0.25, 0.3) is 31.6 Å². The summed E-state index contributed by atoms with van der Waals surface area (Å²) in [6.07, 6.45) is 0. The van der Waals surface area contributed by atoms with Crippen molar-refractivity contribution >= 4 is 45.9 Å². The summed E-state index contributed by atoms with van der Waals surface area (Å²) in [5, 5.41) is 4.46. The van der Waals surface area contributed by atoms with Gasteiger partial charge in [-0.25, -0.2) is 4.98 Å². The van der Waals surface area contributed by atoms with Crippen molar-refractivity contribution in [1.29, 1.82) is 0 Å². The first-order chi connectivity index (χ1) is 12.1. The van der Waals surface area contributed by atoms with Crippen molar-refractivity contribution in [2.75, 3.05) is 0 Å². The molecule has 0 spiro atoms. The van der Waals surface area contributed by atoms with Crippen LogP contribution < -0.4 is 0 Å². The third kappa shape index (κ3) is 3.25. The zero-order chi connectivity index (χ0) is 17.4. The molecule has 124 valence electrons. The van der Waals surface area contributed by atoms with Gasteiger partial charge in [-0.15, -0.1) is 22.7 Å². The topological polar surface area (TPSA) is 12.9 Å². The zero-order valence-corrected chi connectivity index (χ0v) is 16.4. The van der Waals surface area contributed by atoms with Crippen molar-refractivity contribution in [2.24, 2.45) is 0 Å². The fraction of sp³-hybridized carbons (Fsp3) is 0.0500. The highest BCUT2D eigenvalue weighted by molar-refractivity contribution is 7.23. The smallest absolute Gasteiger partial charge is 0.126 e. The fourth-order valence-corrected chi connectivity index (χ4v) is 5.27. The van der Waals surface area contributed by atoms with Gasteiger partial charge >= 0.3 is 0 Å². The molecule has 0 unspecified atom stereocenters. The highest BCUT2D eigenvalue weighted by Crippen LogP contribution is 2.45. The van der Waals surface area contributed by atoms with Gasteiger partial charge < -0.3 is 0 Å². The summed E-state index contributed by atoms with van der Waals surface area (Å²) in [7, 11) is 0. The number of aromatic nitrogens is 1. The van der Waals surface area contributed by atoms with Crippen LogP contribution in [0, 0.1) is 6.92 Å².